The van der Waals surface area contributed by atoms with E-state index in [4.69, 9.17) is 25.8 Å². The van der Waals surface area contributed by atoms with Crippen LogP contribution in [-0.4, -0.2) is 46.4 Å². The maximum absolute atomic E-state index is 12.6. The van der Waals surface area contributed by atoms with Crippen LogP contribution in [0.4, 0.5) is 5.69 Å². The van der Waals surface area contributed by atoms with Gasteiger partial charge < -0.3 is 24.4 Å². The van der Waals surface area contributed by atoms with Crippen molar-refractivity contribution >= 4 is 23.2 Å². The molecule has 1 heterocycles. The van der Waals surface area contributed by atoms with Gasteiger partial charge in [0.1, 0.15) is 31.1 Å². The maximum atomic E-state index is 12.6. The summed E-state index contributed by atoms with van der Waals surface area (Å²) in [5.74, 6) is 0.723. The molecule has 144 valence electrons. The van der Waals surface area contributed by atoms with Gasteiger partial charge in [0.25, 0.3) is 5.91 Å². The molecule has 0 unspecified atom stereocenters. The van der Waals surface area contributed by atoms with Crippen LogP contribution in [-0.2, 0) is 11.3 Å². The van der Waals surface area contributed by atoms with Gasteiger partial charge in [0.15, 0.2) is 0 Å². The zero-order valence-corrected chi connectivity index (χ0v) is 16.3. The average Bonchev–Trinajstić information content (AvgIpc) is 2.70. The summed E-state index contributed by atoms with van der Waals surface area (Å²) < 4.78 is 15.9. The lowest BCUT2D eigenvalue weighted by molar-refractivity contribution is -0.921. The van der Waals surface area contributed by atoms with Gasteiger partial charge >= 0.3 is 0 Å². The van der Waals surface area contributed by atoms with Crippen molar-refractivity contribution < 1.29 is 23.9 Å². The fraction of sp³-hybridized carbons (Fsp3) is 0.350. The van der Waals surface area contributed by atoms with Crippen molar-refractivity contribution in [1.82, 2.24) is 0 Å². The lowest BCUT2D eigenvalue weighted by Crippen LogP contribution is -3.12. The number of morpholine rings is 1. The Kier molecular flexibility index (Phi) is 6.55. The van der Waals surface area contributed by atoms with Crippen LogP contribution in [0, 0.1) is 0 Å². The number of hydrogen-bond acceptors (Lipinski definition) is 4. The van der Waals surface area contributed by atoms with Crippen molar-refractivity contribution in [3.63, 3.8) is 0 Å². The number of carbonyl (C=O) groups is 1. The number of carbonyl (C=O) groups excluding carboxylic acids is 1. The van der Waals surface area contributed by atoms with Crippen LogP contribution in [0.5, 0.6) is 11.5 Å². The van der Waals surface area contributed by atoms with Gasteiger partial charge in [-0.25, -0.2) is 0 Å². The Hall–Kier alpha value is -2.28. The van der Waals surface area contributed by atoms with E-state index < -0.39 is 0 Å². The van der Waals surface area contributed by atoms with Gasteiger partial charge in [-0.2, -0.15) is 0 Å². The first-order valence-electron chi connectivity index (χ1n) is 8.84. The third kappa shape index (κ3) is 4.91. The molecule has 1 aliphatic rings. The molecule has 27 heavy (non-hydrogen) atoms. The van der Waals surface area contributed by atoms with Crippen LogP contribution in [0.3, 0.4) is 0 Å². The zero-order valence-electron chi connectivity index (χ0n) is 15.5. The summed E-state index contributed by atoms with van der Waals surface area (Å²) >= 11 is 6.10. The summed E-state index contributed by atoms with van der Waals surface area (Å²) in [6.07, 6.45) is 0. The first kappa shape index (κ1) is 19.5. The van der Waals surface area contributed by atoms with Gasteiger partial charge in [-0.3, -0.25) is 4.79 Å². The summed E-state index contributed by atoms with van der Waals surface area (Å²) in [6, 6.07) is 10.9. The Morgan fingerprint density at radius 1 is 1.11 bits per heavy atom. The standard InChI is InChI=1S/C20H23ClN2O4/c1-25-18-12-17(19(26-2)11-16(18)21)22-20(24)15-5-3-14(4-6-15)13-23-7-9-27-10-8-23/h3-6,11-12H,7-10,13H2,1-2H3,(H,22,24)/p+1. The highest BCUT2D eigenvalue weighted by Crippen LogP contribution is 2.36. The highest BCUT2D eigenvalue weighted by atomic mass is 35.5. The number of anilines is 1. The van der Waals surface area contributed by atoms with E-state index >= 15 is 0 Å². The highest BCUT2D eigenvalue weighted by molar-refractivity contribution is 6.32. The number of nitrogens with one attached hydrogen (secondary N) is 2. The van der Waals surface area contributed by atoms with Crippen LogP contribution >= 0.6 is 11.6 Å². The van der Waals surface area contributed by atoms with Crippen LogP contribution in [0.1, 0.15) is 15.9 Å². The minimum absolute atomic E-state index is 0.219. The first-order chi connectivity index (χ1) is 13.1. The van der Waals surface area contributed by atoms with Crippen LogP contribution in [0.2, 0.25) is 5.02 Å². The number of halogens is 1. The second-order valence-electron chi connectivity index (χ2n) is 6.38. The predicted molar refractivity (Wildman–Crippen MR) is 104 cm³/mol. The fourth-order valence-corrected chi connectivity index (χ4v) is 3.28. The van der Waals surface area contributed by atoms with Crippen LogP contribution < -0.4 is 19.7 Å². The summed E-state index contributed by atoms with van der Waals surface area (Å²) in [4.78, 5) is 14.1. The van der Waals surface area contributed by atoms with E-state index in [1.807, 2.05) is 24.3 Å². The molecular formula is C20H24ClN2O4+. The molecule has 2 aromatic rings. The molecule has 2 N–H and O–H groups in total. The minimum Gasteiger partial charge on any atom is -0.495 e. The lowest BCUT2D eigenvalue weighted by Gasteiger charge is -2.23. The van der Waals surface area contributed by atoms with Gasteiger partial charge in [0.05, 0.1) is 38.1 Å². The van der Waals surface area contributed by atoms with Crippen molar-refractivity contribution in [3.05, 3.63) is 52.5 Å². The van der Waals surface area contributed by atoms with Gasteiger partial charge in [-0.05, 0) is 12.1 Å². The van der Waals surface area contributed by atoms with Gasteiger partial charge in [0, 0.05) is 23.3 Å². The van der Waals surface area contributed by atoms with Crippen LogP contribution in [0.25, 0.3) is 0 Å². The van der Waals surface area contributed by atoms with E-state index in [9.17, 15) is 4.79 Å². The molecule has 1 saturated heterocycles. The van der Waals surface area contributed by atoms with Crippen LogP contribution in [0.15, 0.2) is 36.4 Å². The van der Waals surface area contributed by atoms with Gasteiger partial charge in [0.2, 0.25) is 0 Å². The van der Waals surface area contributed by atoms with Gasteiger partial charge in [-0.1, -0.05) is 23.7 Å². The number of rotatable bonds is 6. The molecule has 1 amide bonds. The summed E-state index contributed by atoms with van der Waals surface area (Å²) in [5, 5.41) is 3.28. The van der Waals surface area contributed by atoms with E-state index in [0.29, 0.717) is 27.8 Å². The van der Waals surface area contributed by atoms with E-state index in [0.717, 1.165) is 32.8 Å². The topological polar surface area (TPSA) is 61.2 Å². The maximum Gasteiger partial charge on any atom is 0.255 e. The molecule has 1 aliphatic heterocycles. The SMILES string of the molecule is COc1cc(NC(=O)c2ccc(C[NH+]3CCOCC3)cc2)c(OC)cc1Cl. The van der Waals surface area contributed by atoms with Gasteiger partial charge in [-0.15, -0.1) is 0 Å². The molecule has 1 fully saturated rings. The third-order valence-corrected chi connectivity index (χ3v) is 4.89. The number of amides is 1. The summed E-state index contributed by atoms with van der Waals surface area (Å²) in [7, 11) is 3.05. The quantitative estimate of drug-likeness (QED) is 0.791. The van der Waals surface area contributed by atoms with Crippen molar-refractivity contribution in [2.45, 2.75) is 6.54 Å². The summed E-state index contributed by atoms with van der Waals surface area (Å²) in [5.41, 5.74) is 2.28. The third-order valence-electron chi connectivity index (χ3n) is 4.59. The van der Waals surface area contributed by atoms with Crippen molar-refractivity contribution in [3.8, 4) is 11.5 Å². The second-order valence-corrected chi connectivity index (χ2v) is 6.78. The molecule has 0 bridgehead atoms. The fourth-order valence-electron chi connectivity index (χ4n) is 3.05. The number of ether oxygens (including phenoxy) is 3. The number of methoxy groups -OCH3 is 2. The Balaban J connectivity index is 1.69. The Morgan fingerprint density at radius 2 is 1.78 bits per heavy atom. The van der Waals surface area contributed by atoms with Crippen molar-refractivity contribution in [2.75, 3.05) is 45.8 Å². The first-order valence-corrected chi connectivity index (χ1v) is 9.21. The van der Waals surface area contributed by atoms with E-state index in [2.05, 4.69) is 5.32 Å². The molecule has 0 spiro atoms. The molecule has 0 radical (unpaired) electrons. The smallest absolute Gasteiger partial charge is 0.255 e. The van der Waals surface area contributed by atoms with E-state index in [1.54, 1.807) is 12.1 Å². The average molecular weight is 392 g/mol. The lowest BCUT2D eigenvalue weighted by atomic mass is 10.1. The monoisotopic (exact) mass is 391 g/mol. The molecule has 0 saturated carbocycles. The Labute approximate surface area is 164 Å². The van der Waals surface area contributed by atoms with E-state index in [-0.39, 0.29) is 5.91 Å². The second kappa shape index (κ2) is 9.08. The molecule has 7 heteroatoms. The number of hydrogen-bond donors (Lipinski definition) is 2. The number of quaternary nitrogens is 1. The molecule has 2 aromatic carbocycles. The van der Waals surface area contributed by atoms with E-state index in [1.165, 1.54) is 24.7 Å². The van der Waals surface area contributed by atoms with Crippen molar-refractivity contribution in [2.24, 2.45) is 0 Å². The largest absolute Gasteiger partial charge is 0.495 e. The molecular weight excluding hydrogens is 368 g/mol. The molecule has 3 rings (SSSR count). The predicted octanol–water partition coefficient (Wildman–Crippen LogP) is 2.02. The molecule has 0 atom stereocenters. The normalized spacial score (nSPS) is 14.6. The molecule has 0 aliphatic carbocycles. The van der Waals surface area contributed by atoms with Crippen molar-refractivity contribution in [1.29, 1.82) is 0 Å². The summed E-state index contributed by atoms with van der Waals surface area (Å²) in [6.45, 7) is 4.58. The molecule has 6 nitrogen and oxygen atoms in total. The Bertz CT molecular complexity index is 789. The molecule has 0 aromatic heterocycles. The Morgan fingerprint density at radius 3 is 2.41 bits per heavy atom. The number of benzene rings is 2. The highest BCUT2D eigenvalue weighted by Gasteiger charge is 2.16. The zero-order chi connectivity index (χ0) is 19.2. The minimum atomic E-state index is -0.219.